The number of fused-ring (bicyclic) bond motifs is 2. The summed E-state index contributed by atoms with van der Waals surface area (Å²) in [5.41, 5.74) is 0. The van der Waals surface area contributed by atoms with Crippen LogP contribution in [0.25, 0.3) is 0 Å². The largest absolute Gasteiger partial charge is 0.392 e. The Morgan fingerprint density at radius 2 is 1.69 bits per heavy atom. The van der Waals surface area contributed by atoms with Crippen LogP contribution in [0.2, 0.25) is 0 Å². The van der Waals surface area contributed by atoms with E-state index in [-0.39, 0.29) is 6.10 Å². The van der Waals surface area contributed by atoms with Crippen LogP contribution in [-0.4, -0.2) is 41.9 Å². The number of hydrogen-bond acceptors (Lipinski definition) is 1. The van der Waals surface area contributed by atoms with Crippen molar-refractivity contribution in [2.24, 2.45) is 11.8 Å². The molecule has 1 saturated heterocycles. The molecule has 1 aliphatic heterocycles. The van der Waals surface area contributed by atoms with E-state index in [0.717, 1.165) is 6.04 Å². The molecule has 0 radical (unpaired) electrons. The van der Waals surface area contributed by atoms with Gasteiger partial charge in [0.1, 0.15) is 0 Å². The van der Waals surface area contributed by atoms with Gasteiger partial charge in [-0.05, 0) is 25.2 Å². The monoisotopic (exact) mass is 224 g/mol. The predicted molar refractivity (Wildman–Crippen MR) is 65.0 cm³/mol. The fourth-order valence-corrected chi connectivity index (χ4v) is 4.80. The molecule has 16 heavy (non-hydrogen) atoms. The van der Waals surface area contributed by atoms with Crippen LogP contribution in [0.4, 0.5) is 0 Å². The molecule has 4 atom stereocenters. The number of aliphatic hydroxyl groups excluding tert-OH is 1. The Labute approximate surface area is 99.2 Å². The normalized spacial score (nSPS) is 46.9. The smallest absolute Gasteiger partial charge is 0.0941 e. The van der Waals surface area contributed by atoms with E-state index in [0.29, 0.717) is 11.8 Å². The summed E-state index contributed by atoms with van der Waals surface area (Å²) in [6.07, 6.45) is 9.44. The molecule has 0 aromatic rings. The Morgan fingerprint density at radius 3 is 2.44 bits per heavy atom. The lowest BCUT2D eigenvalue weighted by Crippen LogP contribution is -2.59. The van der Waals surface area contributed by atoms with Gasteiger partial charge in [0.05, 0.1) is 32.3 Å². The zero-order valence-electron chi connectivity index (χ0n) is 10.6. The molecule has 2 bridgehead atoms. The summed E-state index contributed by atoms with van der Waals surface area (Å²) in [7, 11) is 2.44. The molecule has 0 unspecified atom stereocenters. The summed E-state index contributed by atoms with van der Waals surface area (Å²) in [5.74, 6) is 1.26. The molecule has 1 N–H and O–H groups in total. The highest BCUT2D eigenvalue weighted by Crippen LogP contribution is 2.44. The van der Waals surface area contributed by atoms with Crippen molar-refractivity contribution in [3.63, 3.8) is 0 Å². The van der Waals surface area contributed by atoms with Crippen LogP contribution in [0.3, 0.4) is 0 Å². The number of hydrogen-bond donors (Lipinski definition) is 1. The first-order chi connectivity index (χ1) is 7.71. The number of nitrogens with zero attached hydrogens (tertiary/aromatic N) is 1. The van der Waals surface area contributed by atoms with Crippen LogP contribution in [0.5, 0.6) is 0 Å². The number of quaternary nitrogens is 1. The van der Waals surface area contributed by atoms with Crippen molar-refractivity contribution in [2.45, 2.75) is 57.1 Å². The first-order valence-corrected chi connectivity index (χ1v) is 7.23. The van der Waals surface area contributed by atoms with E-state index in [1.807, 2.05) is 0 Å². The average Bonchev–Trinajstić information content (AvgIpc) is 2.65. The number of rotatable bonds is 1. The minimum absolute atomic E-state index is 0.0306. The molecule has 3 aliphatic rings. The van der Waals surface area contributed by atoms with Crippen molar-refractivity contribution in [2.75, 3.05) is 20.1 Å². The molecule has 2 saturated carbocycles. The van der Waals surface area contributed by atoms with Gasteiger partial charge in [0.25, 0.3) is 0 Å². The molecular weight excluding hydrogens is 198 g/mol. The van der Waals surface area contributed by atoms with Crippen LogP contribution >= 0.6 is 0 Å². The van der Waals surface area contributed by atoms with Gasteiger partial charge in [0.15, 0.2) is 0 Å². The molecule has 2 aliphatic carbocycles. The molecule has 2 heteroatoms. The first kappa shape index (κ1) is 11.0. The Morgan fingerprint density at radius 1 is 0.938 bits per heavy atom. The zero-order valence-corrected chi connectivity index (χ0v) is 10.6. The molecule has 0 aromatic heterocycles. The van der Waals surface area contributed by atoms with Gasteiger partial charge < -0.3 is 9.59 Å². The van der Waals surface area contributed by atoms with E-state index in [2.05, 4.69) is 7.05 Å². The average molecular weight is 224 g/mol. The highest BCUT2D eigenvalue weighted by atomic mass is 16.3. The third kappa shape index (κ3) is 1.62. The second kappa shape index (κ2) is 3.99. The minimum Gasteiger partial charge on any atom is -0.392 e. The molecule has 3 fully saturated rings. The molecular formula is C14H26NO+. The van der Waals surface area contributed by atoms with Crippen LogP contribution in [0.15, 0.2) is 0 Å². The third-order valence-electron chi connectivity index (χ3n) is 5.75. The second-order valence-electron chi connectivity index (χ2n) is 6.62. The fourth-order valence-electron chi connectivity index (χ4n) is 4.80. The van der Waals surface area contributed by atoms with Gasteiger partial charge >= 0.3 is 0 Å². The molecule has 0 spiro atoms. The maximum Gasteiger partial charge on any atom is 0.0941 e. The Bertz CT molecular complexity index is 259. The van der Waals surface area contributed by atoms with E-state index in [1.54, 1.807) is 0 Å². The maximum absolute atomic E-state index is 10.4. The van der Waals surface area contributed by atoms with Crippen LogP contribution in [0.1, 0.15) is 44.9 Å². The molecule has 3 rings (SSSR count). The summed E-state index contributed by atoms with van der Waals surface area (Å²) in [6, 6.07) is 0.772. The van der Waals surface area contributed by atoms with Crippen molar-refractivity contribution < 1.29 is 9.59 Å². The van der Waals surface area contributed by atoms with Crippen molar-refractivity contribution in [3.8, 4) is 0 Å². The zero-order chi connectivity index (χ0) is 11.2. The SMILES string of the molecule is C[N+]1([C@H]2CC[C@H]3CCC[C@@H]2[C@@H]3O)CCCC1. The number of aliphatic hydroxyl groups is 1. The topological polar surface area (TPSA) is 20.2 Å². The Balaban J connectivity index is 1.80. The maximum atomic E-state index is 10.4. The molecule has 0 amide bonds. The summed E-state index contributed by atoms with van der Waals surface area (Å²) >= 11 is 0. The summed E-state index contributed by atoms with van der Waals surface area (Å²) < 4.78 is 1.27. The van der Waals surface area contributed by atoms with Crippen molar-refractivity contribution in [1.29, 1.82) is 0 Å². The lowest BCUT2D eigenvalue weighted by Gasteiger charge is -2.50. The standard InChI is InChI=1S/C14H26NO/c1-15(9-2-3-10-15)13-8-7-11-5-4-6-12(13)14(11)16/h11-14,16H,2-10H2,1H3/q+1/t11-,12+,13+,14-/m1/s1. The quantitative estimate of drug-likeness (QED) is 0.677. The second-order valence-corrected chi connectivity index (χ2v) is 6.62. The van der Waals surface area contributed by atoms with Gasteiger partial charge in [-0.3, -0.25) is 0 Å². The van der Waals surface area contributed by atoms with Gasteiger partial charge in [-0.1, -0.05) is 6.42 Å². The van der Waals surface area contributed by atoms with Gasteiger partial charge in [0.2, 0.25) is 0 Å². The third-order valence-corrected chi connectivity index (χ3v) is 5.75. The molecule has 2 nitrogen and oxygen atoms in total. The highest BCUT2D eigenvalue weighted by Gasteiger charge is 2.49. The van der Waals surface area contributed by atoms with Crippen LogP contribution < -0.4 is 0 Å². The lowest BCUT2D eigenvalue weighted by molar-refractivity contribution is -0.928. The summed E-state index contributed by atoms with van der Waals surface area (Å²) in [5, 5.41) is 10.4. The van der Waals surface area contributed by atoms with Crippen molar-refractivity contribution in [3.05, 3.63) is 0 Å². The van der Waals surface area contributed by atoms with Gasteiger partial charge in [0, 0.05) is 25.2 Å². The number of likely N-dealkylation sites (tertiary alicyclic amines) is 1. The summed E-state index contributed by atoms with van der Waals surface area (Å²) in [6.45, 7) is 2.72. The van der Waals surface area contributed by atoms with Gasteiger partial charge in [-0.15, -0.1) is 0 Å². The van der Waals surface area contributed by atoms with Crippen molar-refractivity contribution in [1.82, 2.24) is 0 Å². The Hall–Kier alpha value is -0.0800. The van der Waals surface area contributed by atoms with E-state index >= 15 is 0 Å². The van der Waals surface area contributed by atoms with Crippen molar-refractivity contribution >= 4 is 0 Å². The molecule has 92 valence electrons. The van der Waals surface area contributed by atoms with E-state index in [9.17, 15) is 5.11 Å². The van der Waals surface area contributed by atoms with Gasteiger partial charge in [-0.2, -0.15) is 0 Å². The highest BCUT2D eigenvalue weighted by molar-refractivity contribution is 4.92. The first-order valence-electron chi connectivity index (χ1n) is 7.23. The Kier molecular flexibility index (Phi) is 2.75. The van der Waals surface area contributed by atoms with E-state index in [4.69, 9.17) is 0 Å². The van der Waals surface area contributed by atoms with E-state index < -0.39 is 0 Å². The van der Waals surface area contributed by atoms with Crippen LogP contribution in [-0.2, 0) is 0 Å². The lowest BCUT2D eigenvalue weighted by atomic mass is 9.67. The molecule has 0 aromatic carbocycles. The minimum atomic E-state index is 0.0306. The van der Waals surface area contributed by atoms with Crippen LogP contribution in [0, 0.1) is 11.8 Å². The summed E-state index contributed by atoms with van der Waals surface area (Å²) in [4.78, 5) is 0. The van der Waals surface area contributed by atoms with E-state index in [1.165, 1.54) is 62.5 Å². The van der Waals surface area contributed by atoms with Gasteiger partial charge in [-0.25, -0.2) is 0 Å². The predicted octanol–water partition coefficient (Wildman–Crippen LogP) is 2.17. The molecule has 1 heterocycles. The fraction of sp³-hybridized carbons (Fsp3) is 1.00.